The van der Waals surface area contributed by atoms with Crippen molar-refractivity contribution in [2.45, 2.75) is 6.92 Å². The molecule has 4 aromatic rings. The average molecular weight is 532 g/mol. The smallest absolute Gasteiger partial charge is 0.259 e. The predicted molar refractivity (Wildman–Crippen MR) is 126 cm³/mol. The first kappa shape index (κ1) is 20.1. The van der Waals surface area contributed by atoms with Gasteiger partial charge >= 0.3 is 0 Å². The standard InChI is InChI=1S/C22H16Br2N2O2S/c1-12-9-14(24)11-16(20(12)28-2)21(27)25-17-8-7-13(23)10-15(17)22-26-18-5-3-4-6-19(18)29-22/h3-11H,1-2H3,(H,25,27). The Bertz CT molecular complexity index is 1200. The molecule has 0 fully saturated rings. The molecular formula is C22H16Br2N2O2S. The molecule has 146 valence electrons. The number of para-hydroxylation sites is 1. The number of halogens is 2. The third-order valence-electron chi connectivity index (χ3n) is 4.44. The Balaban J connectivity index is 1.76. The van der Waals surface area contributed by atoms with E-state index >= 15 is 0 Å². The molecule has 0 aliphatic rings. The molecule has 1 heterocycles. The molecule has 0 aliphatic carbocycles. The number of hydrogen-bond acceptors (Lipinski definition) is 4. The highest BCUT2D eigenvalue weighted by Gasteiger charge is 2.18. The van der Waals surface area contributed by atoms with E-state index in [4.69, 9.17) is 9.72 Å². The Hall–Kier alpha value is -2.22. The summed E-state index contributed by atoms with van der Waals surface area (Å²) in [6, 6.07) is 17.4. The zero-order valence-electron chi connectivity index (χ0n) is 15.6. The van der Waals surface area contributed by atoms with Gasteiger partial charge in [0, 0.05) is 14.5 Å². The predicted octanol–water partition coefficient (Wildman–Crippen LogP) is 7.06. The van der Waals surface area contributed by atoms with E-state index < -0.39 is 0 Å². The minimum atomic E-state index is -0.240. The summed E-state index contributed by atoms with van der Waals surface area (Å²) in [5, 5.41) is 3.88. The Labute approximate surface area is 189 Å². The maximum atomic E-state index is 13.1. The first-order valence-corrected chi connectivity index (χ1v) is 11.2. The van der Waals surface area contributed by atoms with Gasteiger partial charge in [-0.05, 0) is 55.0 Å². The number of methoxy groups -OCH3 is 1. The van der Waals surface area contributed by atoms with Crippen LogP contribution in [-0.2, 0) is 0 Å². The van der Waals surface area contributed by atoms with E-state index in [9.17, 15) is 4.79 Å². The Morgan fingerprint density at radius 2 is 1.86 bits per heavy atom. The molecule has 0 saturated heterocycles. The van der Waals surface area contributed by atoms with Gasteiger partial charge in [0.05, 0.1) is 28.6 Å². The summed E-state index contributed by atoms with van der Waals surface area (Å²) in [6.45, 7) is 1.91. The lowest BCUT2D eigenvalue weighted by molar-refractivity contribution is 0.102. The number of hydrogen-bond donors (Lipinski definition) is 1. The minimum Gasteiger partial charge on any atom is -0.496 e. The molecule has 1 amide bonds. The summed E-state index contributed by atoms with van der Waals surface area (Å²) < 4.78 is 8.30. The van der Waals surface area contributed by atoms with E-state index in [-0.39, 0.29) is 5.91 Å². The normalized spacial score (nSPS) is 10.9. The number of nitrogens with one attached hydrogen (secondary N) is 1. The van der Waals surface area contributed by atoms with Gasteiger partial charge in [-0.25, -0.2) is 4.98 Å². The monoisotopic (exact) mass is 530 g/mol. The van der Waals surface area contributed by atoms with Crippen molar-refractivity contribution in [2.24, 2.45) is 0 Å². The van der Waals surface area contributed by atoms with Crippen LogP contribution >= 0.6 is 43.2 Å². The zero-order valence-corrected chi connectivity index (χ0v) is 19.6. The van der Waals surface area contributed by atoms with Crippen molar-refractivity contribution < 1.29 is 9.53 Å². The highest BCUT2D eigenvalue weighted by Crippen LogP contribution is 2.37. The van der Waals surface area contributed by atoms with E-state index in [0.717, 1.165) is 35.3 Å². The van der Waals surface area contributed by atoms with E-state index in [2.05, 4.69) is 37.2 Å². The lowest BCUT2D eigenvalue weighted by Crippen LogP contribution is -2.14. The molecule has 1 aromatic heterocycles. The van der Waals surface area contributed by atoms with Crippen LogP contribution in [0.3, 0.4) is 0 Å². The largest absolute Gasteiger partial charge is 0.496 e. The second kappa shape index (κ2) is 8.26. The second-order valence-corrected chi connectivity index (χ2v) is 9.30. The average Bonchev–Trinajstić information content (AvgIpc) is 3.12. The summed E-state index contributed by atoms with van der Waals surface area (Å²) in [6.07, 6.45) is 0. The number of aromatic nitrogens is 1. The van der Waals surface area contributed by atoms with Gasteiger partial charge in [0.15, 0.2) is 0 Å². The number of fused-ring (bicyclic) bond motifs is 1. The summed E-state index contributed by atoms with van der Waals surface area (Å²) in [5.74, 6) is 0.320. The summed E-state index contributed by atoms with van der Waals surface area (Å²) in [4.78, 5) is 17.8. The highest BCUT2D eigenvalue weighted by atomic mass is 79.9. The van der Waals surface area contributed by atoms with Gasteiger partial charge in [-0.15, -0.1) is 11.3 Å². The van der Waals surface area contributed by atoms with Crippen molar-refractivity contribution in [3.05, 3.63) is 74.7 Å². The molecule has 0 unspecified atom stereocenters. The van der Waals surface area contributed by atoms with Gasteiger partial charge < -0.3 is 10.1 Å². The van der Waals surface area contributed by atoms with Gasteiger partial charge in [0.1, 0.15) is 10.8 Å². The Morgan fingerprint density at radius 1 is 1.07 bits per heavy atom. The Kier molecular flexibility index (Phi) is 5.72. The number of anilines is 1. The van der Waals surface area contributed by atoms with E-state index in [1.807, 2.05) is 55.5 Å². The van der Waals surface area contributed by atoms with Crippen LogP contribution in [0.5, 0.6) is 5.75 Å². The fourth-order valence-electron chi connectivity index (χ4n) is 3.15. The van der Waals surface area contributed by atoms with Crippen molar-refractivity contribution in [2.75, 3.05) is 12.4 Å². The molecule has 7 heteroatoms. The molecule has 3 aromatic carbocycles. The lowest BCUT2D eigenvalue weighted by atomic mass is 10.1. The van der Waals surface area contributed by atoms with Crippen molar-refractivity contribution in [3.63, 3.8) is 0 Å². The molecule has 0 atom stereocenters. The zero-order chi connectivity index (χ0) is 20.5. The van der Waals surface area contributed by atoms with Gasteiger partial charge in [0.25, 0.3) is 5.91 Å². The van der Waals surface area contributed by atoms with Crippen LogP contribution in [0.2, 0.25) is 0 Å². The number of aryl methyl sites for hydroxylation is 1. The van der Waals surface area contributed by atoms with E-state index in [1.165, 1.54) is 0 Å². The van der Waals surface area contributed by atoms with Gasteiger partial charge in [-0.3, -0.25) is 4.79 Å². The molecule has 4 rings (SSSR count). The van der Waals surface area contributed by atoms with Crippen LogP contribution in [0, 0.1) is 6.92 Å². The number of rotatable bonds is 4. The highest BCUT2D eigenvalue weighted by molar-refractivity contribution is 9.10. The number of benzene rings is 3. The summed E-state index contributed by atoms with van der Waals surface area (Å²) in [5.41, 5.74) is 3.84. The third kappa shape index (κ3) is 4.08. The Morgan fingerprint density at radius 3 is 2.62 bits per heavy atom. The van der Waals surface area contributed by atoms with Crippen molar-refractivity contribution in [1.29, 1.82) is 0 Å². The van der Waals surface area contributed by atoms with Gasteiger partial charge in [-0.1, -0.05) is 44.0 Å². The topological polar surface area (TPSA) is 51.2 Å². The van der Waals surface area contributed by atoms with Crippen LogP contribution in [-0.4, -0.2) is 18.0 Å². The number of ether oxygens (including phenoxy) is 1. The fourth-order valence-corrected chi connectivity index (χ4v) is 5.08. The number of nitrogens with zero attached hydrogens (tertiary/aromatic N) is 1. The maximum Gasteiger partial charge on any atom is 0.259 e. The van der Waals surface area contributed by atoms with E-state index in [0.29, 0.717) is 17.0 Å². The number of thiazole rings is 1. The van der Waals surface area contributed by atoms with Crippen LogP contribution in [0.1, 0.15) is 15.9 Å². The van der Waals surface area contributed by atoms with Crippen LogP contribution < -0.4 is 10.1 Å². The number of amides is 1. The fraction of sp³-hybridized carbons (Fsp3) is 0.0909. The number of carbonyl (C=O) groups is 1. The third-order valence-corrected chi connectivity index (χ3v) is 6.46. The molecule has 0 saturated carbocycles. The quantitative estimate of drug-likeness (QED) is 0.306. The van der Waals surface area contributed by atoms with Crippen LogP contribution in [0.4, 0.5) is 5.69 Å². The summed E-state index contributed by atoms with van der Waals surface area (Å²) in [7, 11) is 1.57. The van der Waals surface area contributed by atoms with Gasteiger partial charge in [0.2, 0.25) is 0 Å². The SMILES string of the molecule is COc1c(C)cc(Br)cc1C(=O)Nc1ccc(Br)cc1-c1nc2ccccc2s1. The molecule has 29 heavy (non-hydrogen) atoms. The van der Waals surface area contributed by atoms with Gasteiger partial charge in [-0.2, -0.15) is 0 Å². The lowest BCUT2D eigenvalue weighted by Gasteiger charge is -2.14. The molecule has 0 spiro atoms. The number of carbonyl (C=O) groups excluding carboxylic acids is 1. The summed E-state index contributed by atoms with van der Waals surface area (Å²) >= 11 is 8.58. The molecule has 0 radical (unpaired) electrons. The van der Waals surface area contributed by atoms with Crippen LogP contribution in [0.25, 0.3) is 20.8 Å². The molecule has 0 aliphatic heterocycles. The maximum absolute atomic E-state index is 13.1. The first-order valence-electron chi connectivity index (χ1n) is 8.77. The molecule has 0 bridgehead atoms. The van der Waals surface area contributed by atoms with Crippen molar-refractivity contribution >= 4 is 65.0 Å². The molecular weight excluding hydrogens is 516 g/mol. The minimum absolute atomic E-state index is 0.240. The van der Waals surface area contributed by atoms with Crippen LogP contribution in [0.15, 0.2) is 63.5 Å². The second-order valence-electron chi connectivity index (χ2n) is 6.43. The first-order chi connectivity index (χ1) is 14.0. The molecule has 1 N–H and O–H groups in total. The van der Waals surface area contributed by atoms with E-state index in [1.54, 1.807) is 24.5 Å². The van der Waals surface area contributed by atoms with Crippen molar-refractivity contribution in [3.8, 4) is 16.3 Å². The van der Waals surface area contributed by atoms with Crippen molar-refractivity contribution in [1.82, 2.24) is 4.98 Å². The molecule has 4 nitrogen and oxygen atoms in total.